The van der Waals surface area contributed by atoms with Gasteiger partial charge in [-0.3, -0.25) is 9.10 Å². The van der Waals surface area contributed by atoms with E-state index in [2.05, 4.69) is 17.1 Å². The number of hydrogen-bond acceptors (Lipinski definition) is 7. The molecule has 1 saturated carbocycles. The molecule has 39 heavy (non-hydrogen) atoms. The Hall–Kier alpha value is -2.63. The second kappa shape index (κ2) is 11.5. The molecule has 1 unspecified atom stereocenters. The van der Waals surface area contributed by atoms with Crippen molar-refractivity contribution in [2.75, 3.05) is 46.7 Å². The van der Waals surface area contributed by atoms with E-state index in [-0.39, 0.29) is 22.7 Å². The summed E-state index contributed by atoms with van der Waals surface area (Å²) in [5, 5.41) is 2.82. The van der Waals surface area contributed by atoms with Crippen molar-refractivity contribution in [3.05, 3.63) is 48.0 Å². The number of carbonyl (C=O) groups excluding carboxylic acids is 1. The Morgan fingerprint density at radius 3 is 2.36 bits per heavy atom. The lowest BCUT2D eigenvalue weighted by Gasteiger charge is -2.24. The van der Waals surface area contributed by atoms with Crippen LogP contribution in [-0.4, -0.2) is 56.7 Å². The van der Waals surface area contributed by atoms with Crippen LogP contribution in [0.3, 0.4) is 0 Å². The summed E-state index contributed by atoms with van der Waals surface area (Å²) < 4.78 is 47.2. The number of unbranched alkanes of at least 4 members (excludes halogenated alkanes) is 4. The molecule has 2 aromatic carbocycles. The third-order valence-electron chi connectivity index (χ3n) is 8.06. The van der Waals surface area contributed by atoms with E-state index in [0.29, 0.717) is 22.9 Å². The van der Waals surface area contributed by atoms with Crippen LogP contribution in [0.2, 0.25) is 0 Å². The highest BCUT2D eigenvalue weighted by Gasteiger charge is 2.53. The number of carbonyl (C=O) groups is 1. The minimum atomic E-state index is -3.62. The van der Waals surface area contributed by atoms with Crippen LogP contribution in [0, 0.1) is 10.2 Å². The summed E-state index contributed by atoms with van der Waals surface area (Å²) in [4.78, 5) is 15.9. The van der Waals surface area contributed by atoms with Crippen molar-refractivity contribution >= 4 is 42.7 Å². The molecule has 1 amide bonds. The molecule has 0 radical (unpaired) electrons. The molecule has 9 nitrogen and oxygen atoms in total. The van der Waals surface area contributed by atoms with Crippen LogP contribution in [0.25, 0.3) is 0 Å². The largest absolute Gasteiger partial charge is 0.369 e. The van der Waals surface area contributed by atoms with E-state index in [4.69, 9.17) is 10.5 Å². The Balaban J connectivity index is 1.50. The molecule has 4 rings (SSSR count). The number of amides is 1. The van der Waals surface area contributed by atoms with E-state index in [9.17, 15) is 17.4 Å². The molecule has 1 saturated heterocycles. The zero-order chi connectivity index (χ0) is 28.4. The van der Waals surface area contributed by atoms with Gasteiger partial charge in [-0.05, 0) is 61.7 Å². The third-order valence-corrected chi connectivity index (χ3v) is 11.1. The van der Waals surface area contributed by atoms with Gasteiger partial charge in [-0.15, -0.1) is 0 Å². The molecule has 1 spiro atoms. The highest BCUT2D eigenvalue weighted by atomic mass is 32.2. The Bertz CT molecular complexity index is 1400. The van der Waals surface area contributed by atoms with Crippen molar-refractivity contribution in [1.82, 2.24) is 0 Å². The van der Waals surface area contributed by atoms with Gasteiger partial charge in [0.25, 0.3) is 5.91 Å². The van der Waals surface area contributed by atoms with E-state index in [1.807, 2.05) is 6.07 Å². The average Bonchev–Trinajstić information content (AvgIpc) is 3.60. The van der Waals surface area contributed by atoms with Gasteiger partial charge in [0, 0.05) is 53.6 Å². The maximum Gasteiger partial charge on any atom is 0.257 e. The average molecular weight is 576 g/mol. The highest BCUT2D eigenvalue weighted by molar-refractivity contribution is 7.92. The number of hydrogen-bond donors (Lipinski definition) is 3. The molecule has 214 valence electrons. The number of nitrogens with zero attached hydrogens (tertiary/aromatic N) is 2. The van der Waals surface area contributed by atoms with Gasteiger partial charge in [-0.2, -0.15) is 0 Å². The predicted molar refractivity (Wildman–Crippen MR) is 159 cm³/mol. The molecule has 0 aromatic heterocycles. The number of nitrogens with two attached hydrogens (primary N) is 1. The van der Waals surface area contributed by atoms with Gasteiger partial charge in [0.15, 0.2) is 0 Å². The van der Waals surface area contributed by atoms with E-state index < -0.39 is 25.7 Å². The maximum atomic E-state index is 13.3. The van der Waals surface area contributed by atoms with E-state index in [1.165, 1.54) is 7.05 Å². The fourth-order valence-corrected chi connectivity index (χ4v) is 7.14. The fourth-order valence-electron chi connectivity index (χ4n) is 5.21. The molecule has 2 fully saturated rings. The monoisotopic (exact) mass is 575 g/mol. The van der Waals surface area contributed by atoms with Crippen molar-refractivity contribution in [3.8, 4) is 0 Å². The molecule has 0 bridgehead atoms. The summed E-state index contributed by atoms with van der Waals surface area (Å²) in [5.41, 5.74) is 8.34. The Morgan fingerprint density at radius 2 is 1.77 bits per heavy atom. The van der Waals surface area contributed by atoms with Crippen molar-refractivity contribution in [1.29, 1.82) is 4.78 Å². The van der Waals surface area contributed by atoms with Crippen LogP contribution < -0.4 is 20.3 Å². The first-order valence-corrected chi connectivity index (χ1v) is 17.2. The first-order valence-electron chi connectivity index (χ1n) is 13.6. The van der Waals surface area contributed by atoms with Crippen molar-refractivity contribution in [3.63, 3.8) is 0 Å². The Kier molecular flexibility index (Phi) is 8.63. The van der Waals surface area contributed by atoms with Gasteiger partial charge in [0.1, 0.15) is 0 Å². The molecule has 2 atom stereocenters. The summed E-state index contributed by atoms with van der Waals surface area (Å²) >= 11 is 0. The summed E-state index contributed by atoms with van der Waals surface area (Å²) in [6.07, 6.45) is 8.39. The van der Waals surface area contributed by atoms with Crippen LogP contribution in [0.5, 0.6) is 0 Å². The molecular formula is C28H41N5O4S2. The zero-order valence-corrected chi connectivity index (χ0v) is 24.7. The van der Waals surface area contributed by atoms with Gasteiger partial charge in [0.05, 0.1) is 27.2 Å². The first kappa shape index (κ1) is 29.4. The van der Waals surface area contributed by atoms with E-state index in [1.54, 1.807) is 36.4 Å². The molecule has 1 heterocycles. The van der Waals surface area contributed by atoms with Gasteiger partial charge < -0.3 is 16.0 Å². The van der Waals surface area contributed by atoms with Gasteiger partial charge in [0.2, 0.25) is 10.0 Å². The van der Waals surface area contributed by atoms with Crippen molar-refractivity contribution < 1.29 is 17.4 Å². The van der Waals surface area contributed by atoms with E-state index >= 15 is 0 Å². The minimum Gasteiger partial charge on any atom is -0.369 e. The van der Waals surface area contributed by atoms with Crippen molar-refractivity contribution in [2.24, 2.45) is 11.1 Å². The number of rotatable bonds is 12. The Labute approximate surface area is 233 Å². The fraction of sp³-hybridized carbons (Fsp3) is 0.536. The normalized spacial score (nSPS) is 19.6. The number of sulfonamides is 1. The summed E-state index contributed by atoms with van der Waals surface area (Å²) in [7, 11) is -5.09. The number of nitrogens with one attached hydrogen (secondary N) is 2. The quantitative estimate of drug-likeness (QED) is 0.316. The lowest BCUT2D eigenvalue weighted by atomic mass is 10.0. The van der Waals surface area contributed by atoms with Gasteiger partial charge in [-0.25, -0.2) is 17.4 Å². The number of benzene rings is 2. The summed E-state index contributed by atoms with van der Waals surface area (Å²) in [6, 6.07) is 11.8. The smallest absolute Gasteiger partial charge is 0.257 e. The number of anilines is 3. The molecule has 4 N–H and O–H groups in total. The maximum absolute atomic E-state index is 13.3. The SMILES string of the molecule is CCCCCCCS(=N)(=O)c1ccc(NC(=O)c2ccc(N3C[C@H](N)C4(CC4)C3)cc2N(C)S(C)(=O)=O)cc1. The van der Waals surface area contributed by atoms with Crippen molar-refractivity contribution in [2.45, 2.75) is 62.8 Å². The predicted octanol–water partition coefficient (Wildman–Crippen LogP) is 4.64. The lowest BCUT2D eigenvalue weighted by molar-refractivity contribution is 0.102. The molecule has 2 aromatic rings. The third kappa shape index (κ3) is 6.75. The molecular weight excluding hydrogens is 534 g/mol. The second-order valence-corrected chi connectivity index (χ2v) is 15.3. The highest BCUT2D eigenvalue weighted by Crippen LogP contribution is 2.52. The standard InChI is InChI=1S/C28H41N5O4S2/c1-4-5-6-7-8-17-39(30,37)23-12-9-21(10-13-23)31-27(34)24-14-11-22(18-25(24)32(2)38(3,35)36)33-19-26(29)28(20-33)15-16-28/h9-14,18,26,30H,4-8,15-17,19-20,29H2,1-3H3,(H,31,34)/t26-,39?/m0/s1. The van der Waals surface area contributed by atoms with Gasteiger partial charge >= 0.3 is 0 Å². The Morgan fingerprint density at radius 1 is 1.10 bits per heavy atom. The van der Waals surface area contributed by atoms with Crippen LogP contribution in [-0.2, 0) is 19.8 Å². The molecule has 11 heteroatoms. The van der Waals surface area contributed by atoms with Crippen LogP contribution in [0.15, 0.2) is 47.4 Å². The zero-order valence-electron chi connectivity index (χ0n) is 23.1. The van der Waals surface area contributed by atoms with E-state index in [0.717, 1.165) is 67.7 Å². The topological polar surface area (TPSA) is 137 Å². The first-order chi connectivity index (χ1) is 18.4. The molecule has 2 aliphatic rings. The second-order valence-electron chi connectivity index (χ2n) is 11.1. The minimum absolute atomic E-state index is 0.0824. The van der Waals surface area contributed by atoms with Crippen LogP contribution in [0.1, 0.15) is 62.2 Å². The summed E-state index contributed by atoms with van der Waals surface area (Å²) in [5.74, 6) is -0.141. The van der Waals surface area contributed by atoms with Crippen LogP contribution >= 0.6 is 0 Å². The molecule has 1 aliphatic heterocycles. The van der Waals surface area contributed by atoms with Crippen LogP contribution in [0.4, 0.5) is 17.1 Å². The lowest BCUT2D eigenvalue weighted by Crippen LogP contribution is -2.30. The molecule has 1 aliphatic carbocycles. The van der Waals surface area contributed by atoms with Gasteiger partial charge in [-0.1, -0.05) is 32.6 Å². The summed E-state index contributed by atoms with van der Waals surface area (Å²) in [6.45, 7) is 3.66.